The molecule has 0 saturated carbocycles. The molecule has 0 unspecified atom stereocenters. The minimum Gasteiger partial charge on any atom is -0.0843 e. The van der Waals surface area contributed by atoms with Gasteiger partial charge in [-0.15, -0.1) is 0 Å². The fraction of sp³-hybridized carbons (Fsp3) is 0.0769. The highest BCUT2D eigenvalue weighted by molar-refractivity contribution is 9.10. The molecule has 0 fully saturated rings. The zero-order valence-corrected chi connectivity index (χ0v) is 10.6. The highest BCUT2D eigenvalue weighted by Gasteiger charge is 2.02. The maximum atomic E-state index is 5.99. The quantitative estimate of drug-likeness (QED) is 0.684. The molecule has 0 amide bonds. The lowest BCUT2D eigenvalue weighted by atomic mass is 10.0. The minimum absolute atomic E-state index is 0.774. The van der Waals surface area contributed by atoms with Crippen LogP contribution < -0.4 is 0 Å². The lowest BCUT2D eigenvalue weighted by Gasteiger charge is -2.06. The minimum atomic E-state index is 0.774. The number of halogens is 2. The van der Waals surface area contributed by atoms with Crippen molar-refractivity contribution in [2.24, 2.45) is 0 Å². The average molecular weight is 282 g/mol. The summed E-state index contributed by atoms with van der Waals surface area (Å²) in [5.41, 5.74) is 3.60. The van der Waals surface area contributed by atoms with Crippen molar-refractivity contribution in [2.45, 2.75) is 6.92 Å². The lowest BCUT2D eigenvalue weighted by Crippen LogP contribution is -1.83. The SMILES string of the molecule is Cc1ccc(Cl)cc1-c1cccc(Br)c1. The molecular weight excluding hydrogens is 272 g/mol. The molecule has 0 bridgehead atoms. The predicted molar refractivity (Wildman–Crippen MR) is 69.3 cm³/mol. The van der Waals surface area contributed by atoms with Gasteiger partial charge in [-0.1, -0.05) is 45.7 Å². The molecule has 0 atom stereocenters. The number of aryl methyl sites for hydroxylation is 1. The van der Waals surface area contributed by atoms with Gasteiger partial charge in [0.2, 0.25) is 0 Å². The summed E-state index contributed by atoms with van der Waals surface area (Å²) in [6.45, 7) is 2.09. The molecule has 2 aromatic carbocycles. The van der Waals surface area contributed by atoms with E-state index in [-0.39, 0.29) is 0 Å². The van der Waals surface area contributed by atoms with Crippen LogP contribution in [0, 0.1) is 6.92 Å². The van der Waals surface area contributed by atoms with Crippen molar-refractivity contribution in [2.75, 3.05) is 0 Å². The smallest absolute Gasteiger partial charge is 0.0412 e. The largest absolute Gasteiger partial charge is 0.0843 e. The summed E-state index contributed by atoms with van der Waals surface area (Å²) in [4.78, 5) is 0. The lowest BCUT2D eigenvalue weighted by molar-refractivity contribution is 1.45. The van der Waals surface area contributed by atoms with E-state index in [1.54, 1.807) is 0 Å². The van der Waals surface area contributed by atoms with E-state index in [9.17, 15) is 0 Å². The van der Waals surface area contributed by atoms with Gasteiger partial charge in [0.1, 0.15) is 0 Å². The number of benzene rings is 2. The van der Waals surface area contributed by atoms with Gasteiger partial charge in [-0.2, -0.15) is 0 Å². The van der Waals surface area contributed by atoms with Crippen molar-refractivity contribution in [3.05, 3.63) is 57.5 Å². The van der Waals surface area contributed by atoms with E-state index in [0.717, 1.165) is 9.50 Å². The first-order valence-corrected chi connectivity index (χ1v) is 5.86. The molecule has 0 spiro atoms. The molecule has 0 aliphatic rings. The summed E-state index contributed by atoms with van der Waals surface area (Å²) in [5, 5.41) is 0.774. The van der Waals surface area contributed by atoms with Crippen LogP contribution in [-0.4, -0.2) is 0 Å². The molecule has 0 heterocycles. The maximum Gasteiger partial charge on any atom is 0.0412 e. The maximum absolute atomic E-state index is 5.99. The van der Waals surface area contributed by atoms with Crippen LogP contribution in [0.25, 0.3) is 11.1 Å². The second-order valence-corrected chi connectivity index (χ2v) is 4.82. The first kappa shape index (κ1) is 10.7. The monoisotopic (exact) mass is 280 g/mol. The van der Waals surface area contributed by atoms with Crippen LogP contribution in [0.2, 0.25) is 5.02 Å². The molecule has 0 aliphatic heterocycles. The van der Waals surface area contributed by atoms with Crippen LogP contribution in [0.5, 0.6) is 0 Å². The Kier molecular flexibility index (Phi) is 3.13. The molecule has 0 aliphatic carbocycles. The summed E-state index contributed by atoms with van der Waals surface area (Å²) < 4.78 is 1.08. The van der Waals surface area contributed by atoms with Gasteiger partial charge in [0, 0.05) is 9.50 Å². The van der Waals surface area contributed by atoms with Crippen molar-refractivity contribution < 1.29 is 0 Å². The molecule has 2 heteroatoms. The average Bonchev–Trinajstić information content (AvgIpc) is 2.22. The van der Waals surface area contributed by atoms with Crippen molar-refractivity contribution in [3.8, 4) is 11.1 Å². The van der Waals surface area contributed by atoms with Crippen molar-refractivity contribution >= 4 is 27.5 Å². The second-order valence-electron chi connectivity index (χ2n) is 3.47. The Labute approximate surface area is 103 Å². The third-order valence-corrected chi connectivity index (χ3v) is 3.06. The van der Waals surface area contributed by atoms with Gasteiger partial charge in [-0.3, -0.25) is 0 Å². The molecule has 0 saturated heterocycles. The topological polar surface area (TPSA) is 0 Å². The zero-order valence-electron chi connectivity index (χ0n) is 8.30. The molecule has 2 rings (SSSR count). The summed E-state index contributed by atoms with van der Waals surface area (Å²) in [6, 6.07) is 14.2. The van der Waals surface area contributed by atoms with Gasteiger partial charge in [0.15, 0.2) is 0 Å². The fourth-order valence-electron chi connectivity index (χ4n) is 1.56. The van der Waals surface area contributed by atoms with Gasteiger partial charge in [-0.05, 0) is 47.9 Å². The molecule has 0 aromatic heterocycles. The highest BCUT2D eigenvalue weighted by atomic mass is 79.9. The third-order valence-electron chi connectivity index (χ3n) is 2.34. The molecule has 76 valence electrons. The van der Waals surface area contributed by atoms with E-state index in [0.29, 0.717) is 0 Å². The normalized spacial score (nSPS) is 10.3. The van der Waals surface area contributed by atoms with Crippen LogP contribution >= 0.6 is 27.5 Å². The van der Waals surface area contributed by atoms with E-state index < -0.39 is 0 Å². The van der Waals surface area contributed by atoms with Crippen molar-refractivity contribution in [3.63, 3.8) is 0 Å². The second kappa shape index (κ2) is 4.38. The van der Waals surface area contributed by atoms with Crippen molar-refractivity contribution in [1.29, 1.82) is 0 Å². The van der Waals surface area contributed by atoms with Gasteiger partial charge in [0.05, 0.1) is 0 Å². The van der Waals surface area contributed by atoms with E-state index in [4.69, 9.17) is 11.6 Å². The van der Waals surface area contributed by atoms with Gasteiger partial charge >= 0.3 is 0 Å². The van der Waals surface area contributed by atoms with Crippen LogP contribution in [-0.2, 0) is 0 Å². The Hall–Kier alpha value is -0.790. The number of hydrogen-bond acceptors (Lipinski definition) is 0. The summed E-state index contributed by atoms with van der Waals surface area (Å²) in [6.07, 6.45) is 0. The Morgan fingerprint density at radius 2 is 1.87 bits per heavy atom. The Morgan fingerprint density at radius 3 is 2.60 bits per heavy atom. The Bertz CT molecular complexity index is 492. The summed E-state index contributed by atoms with van der Waals surface area (Å²) >= 11 is 9.46. The first-order valence-electron chi connectivity index (χ1n) is 4.69. The van der Waals surface area contributed by atoms with Gasteiger partial charge < -0.3 is 0 Å². The molecule has 0 nitrogen and oxygen atoms in total. The van der Waals surface area contributed by atoms with E-state index in [2.05, 4.69) is 35.0 Å². The summed E-state index contributed by atoms with van der Waals surface area (Å²) in [5.74, 6) is 0. The highest BCUT2D eigenvalue weighted by Crippen LogP contribution is 2.28. The standard InChI is InChI=1S/C13H10BrCl/c1-9-5-6-12(15)8-13(9)10-3-2-4-11(14)7-10/h2-8H,1H3. The van der Waals surface area contributed by atoms with Crippen LogP contribution in [0.3, 0.4) is 0 Å². The molecule has 2 aromatic rings. The Morgan fingerprint density at radius 1 is 1.07 bits per heavy atom. The molecule has 15 heavy (non-hydrogen) atoms. The molecule has 0 N–H and O–H groups in total. The first-order chi connectivity index (χ1) is 7.16. The van der Waals surface area contributed by atoms with Crippen LogP contribution in [0.15, 0.2) is 46.9 Å². The molecule has 0 radical (unpaired) electrons. The van der Waals surface area contributed by atoms with Gasteiger partial charge in [-0.25, -0.2) is 0 Å². The van der Waals surface area contributed by atoms with E-state index in [1.807, 2.05) is 30.3 Å². The Balaban J connectivity index is 2.58. The van der Waals surface area contributed by atoms with E-state index >= 15 is 0 Å². The van der Waals surface area contributed by atoms with Crippen LogP contribution in [0.4, 0.5) is 0 Å². The van der Waals surface area contributed by atoms with Crippen LogP contribution in [0.1, 0.15) is 5.56 Å². The molecular formula is C13H10BrCl. The third kappa shape index (κ3) is 2.42. The number of rotatable bonds is 1. The number of hydrogen-bond donors (Lipinski definition) is 0. The predicted octanol–water partition coefficient (Wildman–Crippen LogP) is 5.08. The van der Waals surface area contributed by atoms with Gasteiger partial charge in [0.25, 0.3) is 0 Å². The zero-order chi connectivity index (χ0) is 10.8. The van der Waals surface area contributed by atoms with Crippen molar-refractivity contribution in [1.82, 2.24) is 0 Å². The fourth-order valence-corrected chi connectivity index (χ4v) is 2.13. The van der Waals surface area contributed by atoms with E-state index in [1.165, 1.54) is 16.7 Å². The summed E-state index contributed by atoms with van der Waals surface area (Å²) in [7, 11) is 0.